The van der Waals surface area contributed by atoms with Crippen molar-refractivity contribution in [1.29, 1.82) is 0 Å². The highest BCUT2D eigenvalue weighted by atomic mass is 19.1. The molecule has 0 atom stereocenters. The van der Waals surface area contributed by atoms with E-state index in [4.69, 9.17) is 0 Å². The molecule has 1 heterocycles. The molecule has 1 aliphatic heterocycles. The van der Waals surface area contributed by atoms with Crippen LogP contribution in [0.5, 0.6) is 0 Å². The molecule has 2 aliphatic rings. The van der Waals surface area contributed by atoms with Crippen LogP contribution in [0.3, 0.4) is 0 Å². The van der Waals surface area contributed by atoms with E-state index >= 15 is 0 Å². The number of carbonyl (C=O) groups is 1. The van der Waals surface area contributed by atoms with Crippen LogP contribution in [0.1, 0.15) is 12.8 Å². The Labute approximate surface area is 115 Å². The second-order valence-corrected chi connectivity index (χ2v) is 5.67. The van der Waals surface area contributed by atoms with Crippen LogP contribution < -0.4 is 5.32 Å². The molecule has 6 heteroatoms. The van der Waals surface area contributed by atoms with Crippen LogP contribution in [0.15, 0.2) is 18.2 Å². The number of halogens is 2. The Bertz CT molecular complexity index is 520. The average molecular weight is 282 g/mol. The van der Waals surface area contributed by atoms with E-state index < -0.39 is 28.8 Å². The van der Waals surface area contributed by atoms with Crippen molar-refractivity contribution in [1.82, 2.24) is 4.90 Å². The lowest BCUT2D eigenvalue weighted by Crippen LogP contribution is -2.64. The number of aliphatic hydroxyl groups is 1. The van der Waals surface area contributed by atoms with Gasteiger partial charge in [-0.05, 0) is 30.9 Å². The molecule has 0 aromatic heterocycles. The third-order valence-corrected chi connectivity index (χ3v) is 3.93. The summed E-state index contributed by atoms with van der Waals surface area (Å²) in [4.78, 5) is 13.5. The molecule has 1 amide bonds. The molecule has 0 bridgehead atoms. The Kier molecular flexibility index (Phi) is 3.22. The predicted octanol–water partition coefficient (Wildman–Crippen LogP) is 1.36. The molecule has 1 saturated heterocycles. The highest BCUT2D eigenvalue weighted by molar-refractivity contribution is 5.92. The van der Waals surface area contributed by atoms with Crippen LogP contribution in [-0.2, 0) is 4.79 Å². The van der Waals surface area contributed by atoms with Crippen molar-refractivity contribution < 1.29 is 18.7 Å². The fourth-order valence-corrected chi connectivity index (χ4v) is 2.72. The lowest BCUT2D eigenvalue weighted by molar-refractivity contribution is -0.132. The first kappa shape index (κ1) is 13.5. The van der Waals surface area contributed by atoms with Crippen molar-refractivity contribution in [2.45, 2.75) is 18.4 Å². The van der Waals surface area contributed by atoms with Crippen LogP contribution in [0.4, 0.5) is 14.5 Å². The predicted molar refractivity (Wildman–Crippen MR) is 69.1 cm³/mol. The lowest BCUT2D eigenvalue weighted by Gasteiger charge is -2.46. The summed E-state index contributed by atoms with van der Waals surface area (Å²) in [7, 11) is 0. The van der Waals surface area contributed by atoms with Gasteiger partial charge in [-0.2, -0.15) is 0 Å². The standard InChI is InChI=1S/C14H16F2N2O2/c15-10-2-1-3-11(16)13(10)17-12(19)6-18-7-14(20,8-18)9-4-5-9/h1-3,9,20H,4-8H2,(H,17,19). The summed E-state index contributed by atoms with van der Waals surface area (Å²) in [5.41, 5.74) is -1.08. The number of amides is 1. The number of carbonyl (C=O) groups excluding carboxylic acids is 1. The van der Waals surface area contributed by atoms with Crippen molar-refractivity contribution in [2.75, 3.05) is 25.0 Å². The summed E-state index contributed by atoms with van der Waals surface area (Å²) in [5, 5.41) is 12.4. The Morgan fingerprint density at radius 2 is 1.95 bits per heavy atom. The van der Waals surface area contributed by atoms with Gasteiger partial charge in [0.05, 0.1) is 12.1 Å². The number of likely N-dealkylation sites (tertiary alicyclic amines) is 1. The van der Waals surface area contributed by atoms with E-state index in [0.717, 1.165) is 25.0 Å². The number of β-amino-alcohol motifs (C(OH)–C–C–N with tert-alkyl or cyclic N) is 1. The third-order valence-electron chi connectivity index (χ3n) is 3.93. The molecule has 0 spiro atoms. The monoisotopic (exact) mass is 282 g/mol. The van der Waals surface area contributed by atoms with E-state index in [1.165, 1.54) is 6.07 Å². The fraction of sp³-hybridized carbons (Fsp3) is 0.500. The second-order valence-electron chi connectivity index (χ2n) is 5.67. The van der Waals surface area contributed by atoms with Crippen molar-refractivity contribution in [3.05, 3.63) is 29.8 Å². The molecule has 108 valence electrons. The van der Waals surface area contributed by atoms with Crippen molar-refractivity contribution in [2.24, 2.45) is 5.92 Å². The summed E-state index contributed by atoms with van der Waals surface area (Å²) in [6, 6.07) is 3.42. The first-order valence-electron chi connectivity index (χ1n) is 6.66. The minimum atomic E-state index is -0.795. The van der Waals surface area contributed by atoms with Gasteiger partial charge in [0.1, 0.15) is 17.3 Å². The van der Waals surface area contributed by atoms with Crippen LogP contribution in [0, 0.1) is 17.6 Å². The number of benzene rings is 1. The average Bonchev–Trinajstić information content (AvgIpc) is 3.16. The Hall–Kier alpha value is -1.53. The van der Waals surface area contributed by atoms with Crippen molar-refractivity contribution in [3.8, 4) is 0 Å². The molecule has 20 heavy (non-hydrogen) atoms. The molecular formula is C14H16F2N2O2. The van der Waals surface area contributed by atoms with E-state index in [1.54, 1.807) is 4.90 Å². The summed E-state index contributed by atoms with van der Waals surface area (Å²) in [6.07, 6.45) is 2.08. The summed E-state index contributed by atoms with van der Waals surface area (Å²) >= 11 is 0. The van der Waals surface area contributed by atoms with E-state index in [2.05, 4.69) is 5.32 Å². The van der Waals surface area contributed by atoms with Gasteiger partial charge in [0.2, 0.25) is 5.91 Å². The number of nitrogens with zero attached hydrogens (tertiary/aromatic N) is 1. The Morgan fingerprint density at radius 1 is 1.35 bits per heavy atom. The van der Waals surface area contributed by atoms with Gasteiger partial charge < -0.3 is 10.4 Å². The van der Waals surface area contributed by atoms with E-state index in [-0.39, 0.29) is 6.54 Å². The number of para-hydroxylation sites is 1. The smallest absolute Gasteiger partial charge is 0.238 e. The van der Waals surface area contributed by atoms with E-state index in [1.807, 2.05) is 0 Å². The number of hydrogen-bond donors (Lipinski definition) is 2. The summed E-state index contributed by atoms with van der Waals surface area (Å²) in [6.45, 7) is 0.929. The van der Waals surface area contributed by atoms with E-state index in [9.17, 15) is 18.7 Å². The maximum absolute atomic E-state index is 13.4. The normalized spacial score (nSPS) is 21.4. The molecule has 1 aromatic rings. The summed E-state index contributed by atoms with van der Waals surface area (Å²) in [5.74, 6) is -1.72. The third kappa shape index (κ3) is 2.53. The Balaban J connectivity index is 1.53. The molecular weight excluding hydrogens is 266 g/mol. The molecule has 3 rings (SSSR count). The van der Waals surface area contributed by atoms with Gasteiger partial charge in [-0.3, -0.25) is 9.69 Å². The number of anilines is 1. The summed E-state index contributed by atoms with van der Waals surface area (Å²) < 4.78 is 26.7. The maximum Gasteiger partial charge on any atom is 0.238 e. The topological polar surface area (TPSA) is 52.6 Å². The Morgan fingerprint density at radius 3 is 2.50 bits per heavy atom. The molecule has 1 aliphatic carbocycles. The van der Waals surface area contributed by atoms with Crippen LogP contribution in [-0.4, -0.2) is 41.1 Å². The van der Waals surface area contributed by atoms with E-state index in [0.29, 0.717) is 19.0 Å². The van der Waals surface area contributed by atoms with Crippen LogP contribution >= 0.6 is 0 Å². The zero-order valence-corrected chi connectivity index (χ0v) is 10.9. The van der Waals surface area contributed by atoms with Gasteiger partial charge in [0.25, 0.3) is 0 Å². The minimum Gasteiger partial charge on any atom is -0.387 e. The molecule has 4 nitrogen and oxygen atoms in total. The fourth-order valence-electron chi connectivity index (χ4n) is 2.72. The molecule has 1 saturated carbocycles. The zero-order valence-electron chi connectivity index (χ0n) is 10.9. The van der Waals surface area contributed by atoms with Gasteiger partial charge >= 0.3 is 0 Å². The lowest BCUT2D eigenvalue weighted by atomic mass is 9.89. The van der Waals surface area contributed by atoms with Crippen LogP contribution in [0.25, 0.3) is 0 Å². The zero-order chi connectivity index (χ0) is 14.3. The van der Waals surface area contributed by atoms with Gasteiger partial charge in [-0.25, -0.2) is 8.78 Å². The van der Waals surface area contributed by atoms with Gasteiger partial charge in [-0.15, -0.1) is 0 Å². The molecule has 0 radical (unpaired) electrons. The highest BCUT2D eigenvalue weighted by Gasteiger charge is 2.51. The minimum absolute atomic E-state index is 0.0306. The van der Waals surface area contributed by atoms with Gasteiger partial charge in [0.15, 0.2) is 0 Å². The largest absolute Gasteiger partial charge is 0.387 e. The van der Waals surface area contributed by atoms with Crippen LogP contribution in [0.2, 0.25) is 0 Å². The quantitative estimate of drug-likeness (QED) is 0.876. The first-order chi connectivity index (χ1) is 9.48. The first-order valence-corrected chi connectivity index (χ1v) is 6.66. The number of hydrogen-bond acceptors (Lipinski definition) is 3. The maximum atomic E-state index is 13.4. The number of rotatable bonds is 4. The molecule has 2 N–H and O–H groups in total. The van der Waals surface area contributed by atoms with Gasteiger partial charge in [-0.1, -0.05) is 6.07 Å². The molecule has 0 unspecified atom stereocenters. The van der Waals surface area contributed by atoms with Crippen molar-refractivity contribution >= 4 is 11.6 Å². The SMILES string of the molecule is O=C(CN1CC(O)(C2CC2)C1)Nc1c(F)cccc1F. The van der Waals surface area contributed by atoms with Gasteiger partial charge in [0, 0.05) is 13.1 Å². The highest BCUT2D eigenvalue weighted by Crippen LogP contribution is 2.44. The van der Waals surface area contributed by atoms with Crippen molar-refractivity contribution in [3.63, 3.8) is 0 Å². The molecule has 1 aromatic carbocycles. The molecule has 2 fully saturated rings. The number of nitrogens with one attached hydrogen (secondary N) is 1. The second kappa shape index (κ2) is 4.79.